The third-order valence-electron chi connectivity index (χ3n) is 2.62. The third kappa shape index (κ3) is 3.81. The molecule has 0 aromatic carbocycles. The zero-order valence-electron chi connectivity index (χ0n) is 10.0. The first kappa shape index (κ1) is 13.0. The largest absolute Gasteiger partial charge is 0.354 e. The third-order valence-corrected chi connectivity index (χ3v) is 2.62. The van der Waals surface area contributed by atoms with Crippen LogP contribution in [0.25, 0.3) is 0 Å². The van der Waals surface area contributed by atoms with Crippen molar-refractivity contribution in [3.05, 3.63) is 0 Å². The molecule has 1 fully saturated rings. The van der Waals surface area contributed by atoms with Gasteiger partial charge >= 0.3 is 0 Å². The van der Waals surface area contributed by atoms with Crippen LogP contribution in [0.5, 0.6) is 0 Å². The standard InChI is InChI=1S/C11H21N3O2/c1-8(2)6-9(12)11(16)14-5-3-4-13-10(15)7-14/h8-9H,3-7,12H2,1-2H3,(H,13,15)/t9-/m1/s1. The molecule has 5 nitrogen and oxygen atoms in total. The number of nitrogens with two attached hydrogens (primary N) is 1. The molecule has 0 saturated carbocycles. The molecule has 1 heterocycles. The molecule has 1 aliphatic heterocycles. The minimum Gasteiger partial charge on any atom is -0.354 e. The summed E-state index contributed by atoms with van der Waals surface area (Å²) < 4.78 is 0. The SMILES string of the molecule is CC(C)C[C@@H](N)C(=O)N1CCCNC(=O)C1. The predicted octanol–water partition coefficient (Wildman–Crippen LogP) is -0.292. The molecule has 1 rings (SSSR count). The first-order valence-electron chi connectivity index (χ1n) is 5.81. The van der Waals surface area contributed by atoms with E-state index in [9.17, 15) is 9.59 Å². The van der Waals surface area contributed by atoms with Crippen LogP contribution in [-0.4, -0.2) is 42.4 Å². The summed E-state index contributed by atoms with van der Waals surface area (Å²) in [7, 11) is 0. The Morgan fingerprint density at radius 2 is 2.25 bits per heavy atom. The predicted molar refractivity (Wildman–Crippen MR) is 61.6 cm³/mol. The van der Waals surface area contributed by atoms with E-state index < -0.39 is 6.04 Å². The topological polar surface area (TPSA) is 75.4 Å². The van der Waals surface area contributed by atoms with E-state index >= 15 is 0 Å². The quantitative estimate of drug-likeness (QED) is 0.695. The van der Waals surface area contributed by atoms with Crippen molar-refractivity contribution in [2.45, 2.75) is 32.7 Å². The molecule has 0 spiro atoms. The van der Waals surface area contributed by atoms with Crippen molar-refractivity contribution in [1.82, 2.24) is 10.2 Å². The van der Waals surface area contributed by atoms with Crippen LogP contribution in [-0.2, 0) is 9.59 Å². The van der Waals surface area contributed by atoms with Gasteiger partial charge in [-0.2, -0.15) is 0 Å². The van der Waals surface area contributed by atoms with Crippen molar-refractivity contribution < 1.29 is 9.59 Å². The van der Waals surface area contributed by atoms with E-state index in [1.165, 1.54) is 0 Å². The van der Waals surface area contributed by atoms with E-state index in [-0.39, 0.29) is 18.4 Å². The van der Waals surface area contributed by atoms with Crippen LogP contribution >= 0.6 is 0 Å². The molecule has 0 aromatic rings. The molecular formula is C11H21N3O2. The van der Waals surface area contributed by atoms with Crippen LogP contribution < -0.4 is 11.1 Å². The van der Waals surface area contributed by atoms with Gasteiger partial charge in [-0.05, 0) is 18.8 Å². The van der Waals surface area contributed by atoms with Gasteiger partial charge in [0.1, 0.15) is 0 Å². The van der Waals surface area contributed by atoms with Gasteiger partial charge in [-0.25, -0.2) is 0 Å². The number of amides is 2. The van der Waals surface area contributed by atoms with Crippen molar-refractivity contribution in [1.29, 1.82) is 0 Å². The Labute approximate surface area is 96.4 Å². The Morgan fingerprint density at radius 3 is 2.88 bits per heavy atom. The van der Waals surface area contributed by atoms with Gasteiger partial charge in [-0.15, -0.1) is 0 Å². The Kier molecular flexibility index (Phi) is 4.73. The summed E-state index contributed by atoms with van der Waals surface area (Å²) in [5.41, 5.74) is 5.82. The second kappa shape index (κ2) is 5.84. The van der Waals surface area contributed by atoms with Crippen molar-refractivity contribution >= 4 is 11.8 Å². The highest BCUT2D eigenvalue weighted by Crippen LogP contribution is 2.07. The van der Waals surface area contributed by atoms with Gasteiger partial charge in [0.05, 0.1) is 12.6 Å². The van der Waals surface area contributed by atoms with E-state index in [0.29, 0.717) is 25.4 Å². The van der Waals surface area contributed by atoms with Crippen molar-refractivity contribution in [2.24, 2.45) is 11.7 Å². The maximum absolute atomic E-state index is 12.0. The molecule has 0 unspecified atom stereocenters. The fourth-order valence-electron chi connectivity index (χ4n) is 1.84. The van der Waals surface area contributed by atoms with E-state index in [2.05, 4.69) is 5.32 Å². The summed E-state index contributed by atoms with van der Waals surface area (Å²) >= 11 is 0. The lowest BCUT2D eigenvalue weighted by Crippen LogP contribution is -2.46. The number of nitrogens with zero attached hydrogens (tertiary/aromatic N) is 1. The number of hydrogen-bond donors (Lipinski definition) is 2. The molecule has 0 bridgehead atoms. The number of carbonyl (C=O) groups is 2. The maximum Gasteiger partial charge on any atom is 0.239 e. The second-order valence-electron chi connectivity index (χ2n) is 4.70. The lowest BCUT2D eigenvalue weighted by Gasteiger charge is -2.23. The Hall–Kier alpha value is -1.10. The number of hydrogen-bond acceptors (Lipinski definition) is 3. The lowest BCUT2D eigenvalue weighted by molar-refractivity contribution is -0.136. The van der Waals surface area contributed by atoms with E-state index in [0.717, 1.165) is 6.42 Å². The average Bonchev–Trinajstić information content (AvgIpc) is 2.40. The van der Waals surface area contributed by atoms with E-state index in [4.69, 9.17) is 5.73 Å². The number of carbonyl (C=O) groups excluding carboxylic acids is 2. The number of rotatable bonds is 3. The minimum atomic E-state index is -0.481. The highest BCUT2D eigenvalue weighted by molar-refractivity contribution is 5.87. The van der Waals surface area contributed by atoms with Gasteiger partial charge in [-0.1, -0.05) is 13.8 Å². The normalized spacial score (nSPS) is 19.2. The molecule has 1 saturated heterocycles. The van der Waals surface area contributed by atoms with Crippen LogP contribution in [0, 0.1) is 5.92 Å². The lowest BCUT2D eigenvalue weighted by atomic mass is 10.0. The Morgan fingerprint density at radius 1 is 1.56 bits per heavy atom. The van der Waals surface area contributed by atoms with Gasteiger partial charge in [0.25, 0.3) is 0 Å². The van der Waals surface area contributed by atoms with E-state index in [1.54, 1.807) is 4.90 Å². The molecule has 1 aliphatic rings. The van der Waals surface area contributed by atoms with Gasteiger partial charge in [0, 0.05) is 13.1 Å². The smallest absolute Gasteiger partial charge is 0.239 e. The summed E-state index contributed by atoms with van der Waals surface area (Å²) in [6.45, 7) is 5.46. The first-order chi connectivity index (χ1) is 7.50. The fourth-order valence-corrected chi connectivity index (χ4v) is 1.84. The highest BCUT2D eigenvalue weighted by atomic mass is 16.2. The molecular weight excluding hydrogens is 206 g/mol. The molecule has 92 valence electrons. The second-order valence-corrected chi connectivity index (χ2v) is 4.70. The minimum absolute atomic E-state index is 0.0948. The maximum atomic E-state index is 12.0. The van der Waals surface area contributed by atoms with Crippen molar-refractivity contribution in [3.63, 3.8) is 0 Å². The van der Waals surface area contributed by atoms with Crippen LogP contribution in [0.2, 0.25) is 0 Å². The van der Waals surface area contributed by atoms with E-state index in [1.807, 2.05) is 13.8 Å². The highest BCUT2D eigenvalue weighted by Gasteiger charge is 2.24. The summed E-state index contributed by atoms with van der Waals surface area (Å²) in [6, 6.07) is -0.481. The summed E-state index contributed by atoms with van der Waals surface area (Å²) in [4.78, 5) is 24.8. The summed E-state index contributed by atoms with van der Waals surface area (Å²) in [6.07, 6.45) is 1.46. The Bertz CT molecular complexity index is 266. The molecule has 0 aliphatic carbocycles. The molecule has 0 aromatic heterocycles. The first-order valence-corrected chi connectivity index (χ1v) is 5.81. The Balaban J connectivity index is 2.54. The van der Waals surface area contributed by atoms with Gasteiger partial charge in [-0.3, -0.25) is 9.59 Å². The average molecular weight is 227 g/mol. The molecule has 5 heteroatoms. The monoisotopic (exact) mass is 227 g/mol. The van der Waals surface area contributed by atoms with Crippen LogP contribution in [0.1, 0.15) is 26.7 Å². The zero-order valence-corrected chi connectivity index (χ0v) is 10.0. The van der Waals surface area contributed by atoms with Gasteiger partial charge in [0.2, 0.25) is 11.8 Å². The van der Waals surface area contributed by atoms with Crippen LogP contribution in [0.15, 0.2) is 0 Å². The summed E-state index contributed by atoms with van der Waals surface area (Å²) in [5.74, 6) is 0.188. The number of nitrogens with one attached hydrogen (secondary N) is 1. The molecule has 16 heavy (non-hydrogen) atoms. The van der Waals surface area contributed by atoms with Crippen LogP contribution in [0.3, 0.4) is 0 Å². The molecule has 2 amide bonds. The summed E-state index contributed by atoms with van der Waals surface area (Å²) in [5, 5.41) is 2.74. The van der Waals surface area contributed by atoms with Crippen LogP contribution in [0.4, 0.5) is 0 Å². The van der Waals surface area contributed by atoms with Gasteiger partial charge < -0.3 is 16.0 Å². The van der Waals surface area contributed by atoms with Crippen molar-refractivity contribution in [2.75, 3.05) is 19.6 Å². The van der Waals surface area contributed by atoms with Gasteiger partial charge in [0.15, 0.2) is 0 Å². The molecule has 1 atom stereocenters. The molecule has 3 N–H and O–H groups in total. The fraction of sp³-hybridized carbons (Fsp3) is 0.818. The molecule has 0 radical (unpaired) electrons. The zero-order chi connectivity index (χ0) is 12.1. The van der Waals surface area contributed by atoms with Crippen molar-refractivity contribution in [3.8, 4) is 0 Å².